The number of benzene rings is 6. The molecular formula is C74H94Cl6N8O8S4. The zero-order chi connectivity index (χ0) is 69.6. The molecule has 6 aromatic rings. The van der Waals surface area contributed by atoms with Crippen LogP contribution in [0.25, 0.3) is 0 Å². The number of likely N-dealkylation sites (N-methyl/N-ethyl adjacent to an activating group) is 6. The predicted octanol–water partition coefficient (Wildman–Crippen LogP) is 13.2. The Kier molecular flexibility index (Phi) is 31.2. The van der Waals surface area contributed by atoms with Gasteiger partial charge in [0.15, 0.2) is 0 Å². The molecule has 0 aromatic heterocycles. The Labute approximate surface area is 641 Å². The summed E-state index contributed by atoms with van der Waals surface area (Å²) < 4.78 is 26.2. The largest absolute Gasteiger partial charge is 0.343 e. The maximum atomic E-state index is 14.2. The number of piperidine rings is 2. The third kappa shape index (κ3) is 17.9. The van der Waals surface area contributed by atoms with Gasteiger partial charge in [-0.05, 0) is 147 Å². The molecule has 0 saturated carbocycles. The molecule has 544 valence electrons. The lowest BCUT2D eigenvalue weighted by molar-refractivity contribution is -0.150. The van der Waals surface area contributed by atoms with E-state index in [1.54, 1.807) is 101 Å². The smallest absolute Gasteiger partial charge is 0.316 e. The van der Waals surface area contributed by atoms with Crippen molar-refractivity contribution < 1.29 is 37.2 Å². The number of hydrogen-bond acceptors (Lipinski definition) is 10. The first-order valence-electron chi connectivity index (χ1n) is 32.6. The predicted molar refractivity (Wildman–Crippen MR) is 422 cm³/mol. The Bertz CT molecular complexity index is 3660. The monoisotopic (exact) mass is 1560 g/mol. The van der Waals surface area contributed by atoms with E-state index in [2.05, 4.69) is 34.1 Å². The quantitative estimate of drug-likeness (QED) is 0.0757. The van der Waals surface area contributed by atoms with Gasteiger partial charge in [0, 0.05) is 125 Å². The van der Waals surface area contributed by atoms with Gasteiger partial charge in [-0.25, -0.2) is 0 Å². The maximum Gasteiger partial charge on any atom is 0.316 e. The number of amides is 6. The number of halogens is 6. The molecule has 4 aliphatic heterocycles. The summed E-state index contributed by atoms with van der Waals surface area (Å²) in [7, 11) is 7.88. The molecule has 16 nitrogen and oxygen atoms in total. The van der Waals surface area contributed by atoms with Gasteiger partial charge < -0.3 is 39.2 Å². The fourth-order valence-corrected chi connectivity index (χ4v) is 18.8. The van der Waals surface area contributed by atoms with Crippen molar-refractivity contribution in [1.29, 1.82) is 0 Å². The number of likely N-dealkylation sites (tertiary alicyclic amines) is 2. The highest BCUT2D eigenvalue weighted by molar-refractivity contribution is 7.85. The molecular weight excluding hydrogens is 1470 g/mol. The Balaban J connectivity index is 0.000000347. The second kappa shape index (κ2) is 36.5. The van der Waals surface area contributed by atoms with Gasteiger partial charge >= 0.3 is 23.6 Å². The molecule has 6 amide bonds. The number of carbonyl (C=O) groups is 6. The first-order chi connectivity index (χ1) is 45.6. The zero-order valence-corrected chi connectivity index (χ0v) is 66.6. The minimum atomic E-state index is -1.14. The summed E-state index contributed by atoms with van der Waals surface area (Å²) in [4.78, 5) is 96.2. The van der Waals surface area contributed by atoms with Crippen LogP contribution in [0.2, 0.25) is 20.1 Å². The average Bonchev–Trinajstić information content (AvgIpc) is 1.55. The van der Waals surface area contributed by atoms with Gasteiger partial charge in [0.05, 0.1) is 40.7 Å². The molecule has 6 aromatic carbocycles. The lowest BCUT2D eigenvalue weighted by atomic mass is 9.82. The van der Waals surface area contributed by atoms with Gasteiger partial charge in [-0.15, -0.1) is 24.8 Å². The Morgan fingerprint density at radius 1 is 0.450 bits per heavy atom. The number of para-hydroxylation sites is 2. The van der Waals surface area contributed by atoms with Crippen molar-refractivity contribution >= 4 is 167 Å². The summed E-state index contributed by atoms with van der Waals surface area (Å²) in [6.07, 6.45) is 3.85. The van der Waals surface area contributed by atoms with Crippen LogP contribution in [-0.4, -0.2) is 168 Å². The number of nitrogens with zero attached hydrogens (tertiary/aromatic N) is 8. The molecule has 4 aliphatic rings. The lowest BCUT2D eigenvalue weighted by Crippen LogP contribution is -2.59. The molecule has 2 saturated heterocycles. The standard InChI is InChI=1S/2C37H44Cl2N4O4S.2ClH.2H2S/c2*1-26(2)33(44)40(3)25-36(28-15-16-31(38)32(39)23-28,42(5)35(46)34(45)41(4)29-12-7-6-8-13-29)17-20-43-21-18-37(19-22-43)30-14-10-9-11-27(30)24-48(37)47;;;;/h2*6-16,23,26H,17-22,24-25H2,1-5H3;2*1H;2*1H2/t2*36-,48?;;;;/m11..../s1. The topological polar surface area (TPSA) is 162 Å². The van der Waals surface area contributed by atoms with Crippen LogP contribution in [0.15, 0.2) is 146 Å². The Morgan fingerprint density at radius 3 is 1.07 bits per heavy atom. The summed E-state index contributed by atoms with van der Waals surface area (Å²) >= 11 is 25.9. The fourth-order valence-electron chi connectivity index (χ4n) is 14.4. The molecule has 4 heterocycles. The van der Waals surface area contributed by atoms with Crippen LogP contribution in [0.5, 0.6) is 0 Å². The van der Waals surface area contributed by atoms with E-state index in [1.807, 2.05) is 100 Å². The molecule has 10 rings (SSSR count). The van der Waals surface area contributed by atoms with Crippen molar-refractivity contribution in [2.24, 2.45) is 11.8 Å². The highest BCUT2D eigenvalue weighted by atomic mass is 35.5. The van der Waals surface area contributed by atoms with Gasteiger partial charge in [0.2, 0.25) is 11.8 Å². The molecule has 26 heteroatoms. The molecule has 0 bridgehead atoms. The van der Waals surface area contributed by atoms with E-state index < -0.39 is 56.3 Å². The minimum absolute atomic E-state index is 0. The van der Waals surface area contributed by atoms with Crippen molar-refractivity contribution in [3.8, 4) is 0 Å². The van der Waals surface area contributed by atoms with E-state index in [1.165, 1.54) is 41.9 Å². The van der Waals surface area contributed by atoms with Crippen molar-refractivity contribution in [2.45, 2.75) is 98.3 Å². The summed E-state index contributed by atoms with van der Waals surface area (Å²) in [5.74, 6) is -2.38. The van der Waals surface area contributed by atoms with Gasteiger partial charge in [0.1, 0.15) is 0 Å². The molecule has 4 atom stereocenters. The van der Waals surface area contributed by atoms with E-state index in [9.17, 15) is 37.2 Å². The fraction of sp³-hybridized carbons (Fsp3) is 0.432. The van der Waals surface area contributed by atoms with Crippen LogP contribution < -0.4 is 9.80 Å². The number of rotatable bonds is 18. The van der Waals surface area contributed by atoms with E-state index in [4.69, 9.17) is 46.4 Å². The lowest BCUT2D eigenvalue weighted by Gasteiger charge is -2.47. The highest BCUT2D eigenvalue weighted by Gasteiger charge is 2.51. The number of fused-ring (bicyclic) bond motifs is 4. The normalized spacial score (nSPS) is 17.6. The summed E-state index contributed by atoms with van der Waals surface area (Å²) in [5, 5.41) is 1.35. The summed E-state index contributed by atoms with van der Waals surface area (Å²) in [6.45, 7) is 11.6. The van der Waals surface area contributed by atoms with Crippen molar-refractivity contribution in [2.75, 3.05) is 104 Å². The highest BCUT2D eigenvalue weighted by Crippen LogP contribution is 2.49. The second-order valence-corrected chi connectivity index (χ2v) is 31.8. The molecule has 100 heavy (non-hydrogen) atoms. The molecule has 0 aliphatic carbocycles. The molecule has 2 spiro atoms. The molecule has 0 radical (unpaired) electrons. The van der Waals surface area contributed by atoms with Crippen molar-refractivity contribution in [1.82, 2.24) is 29.4 Å². The third-order valence-electron chi connectivity index (χ3n) is 20.3. The first-order valence-corrected chi connectivity index (χ1v) is 36.8. The van der Waals surface area contributed by atoms with E-state index >= 15 is 0 Å². The van der Waals surface area contributed by atoms with Gasteiger partial charge in [-0.1, -0.05) is 171 Å². The van der Waals surface area contributed by atoms with Crippen molar-refractivity contribution in [3.63, 3.8) is 0 Å². The maximum absolute atomic E-state index is 14.2. The summed E-state index contributed by atoms with van der Waals surface area (Å²) in [5.41, 5.74) is 4.98. The molecule has 2 fully saturated rings. The van der Waals surface area contributed by atoms with Crippen molar-refractivity contribution in [3.05, 3.63) is 199 Å². The number of carbonyl (C=O) groups excluding carboxylic acids is 6. The molecule has 2 unspecified atom stereocenters. The van der Waals surface area contributed by atoms with Crippen LogP contribution in [0.3, 0.4) is 0 Å². The van der Waals surface area contributed by atoms with Gasteiger partial charge in [-0.3, -0.25) is 37.2 Å². The minimum Gasteiger partial charge on any atom is -0.343 e. The SMILES string of the molecule is CC(C)C(=O)N(C)C[C@](CCN1CCC2(CC1)c1ccccc1CS2=O)(c1ccc(Cl)c(Cl)c1)N(C)C(=O)C(=O)N(C)c1ccccc1.CC(C)C(=O)N(C)C[C@](CCN1CCC2(CC1)c1ccccc1CS2=O)(c1ccc(Cl)c(Cl)c1)N(C)C(=O)C(=O)N(C)c1ccccc1.Cl.Cl.S.S. The van der Waals surface area contributed by atoms with Crippen LogP contribution in [-0.2, 0) is 82.4 Å². The van der Waals surface area contributed by atoms with E-state index in [0.29, 0.717) is 80.0 Å². The van der Waals surface area contributed by atoms with E-state index in [0.717, 1.165) is 51.9 Å². The second-order valence-electron chi connectivity index (χ2n) is 26.6. The average molecular weight is 1560 g/mol. The van der Waals surface area contributed by atoms with Crippen LogP contribution in [0.1, 0.15) is 99.6 Å². The third-order valence-corrected chi connectivity index (χ3v) is 25.9. The van der Waals surface area contributed by atoms with Crippen LogP contribution in [0.4, 0.5) is 11.4 Å². The van der Waals surface area contributed by atoms with Gasteiger partial charge in [0.25, 0.3) is 0 Å². The number of anilines is 2. The zero-order valence-electron chi connectivity index (χ0n) is 58.3. The number of hydrogen-bond donors (Lipinski definition) is 0. The summed E-state index contributed by atoms with van der Waals surface area (Å²) in [6, 6.07) is 45.0. The van der Waals surface area contributed by atoms with Gasteiger partial charge in [-0.2, -0.15) is 27.0 Å². The Morgan fingerprint density at radius 2 is 0.760 bits per heavy atom. The van der Waals surface area contributed by atoms with E-state index in [-0.39, 0.29) is 98.0 Å². The Hall–Kier alpha value is -5.20. The first kappa shape index (κ1) is 85.4. The van der Waals surface area contributed by atoms with Crippen LogP contribution >= 0.6 is 98.2 Å². The van der Waals surface area contributed by atoms with Crippen LogP contribution in [0, 0.1) is 11.8 Å². The molecule has 0 N–H and O–H groups in total.